The molecule has 2 aliphatic rings. The Kier molecular flexibility index (Phi) is 6.71. The first-order valence-electron chi connectivity index (χ1n) is 12.0. The van der Waals surface area contributed by atoms with Crippen LogP contribution in [0.4, 0.5) is 0 Å². The summed E-state index contributed by atoms with van der Waals surface area (Å²) in [6, 6.07) is 7.39. The van der Waals surface area contributed by atoms with Gasteiger partial charge in [0.25, 0.3) is 5.91 Å². The largest absolute Gasteiger partial charge is 0.356 e. The lowest BCUT2D eigenvalue weighted by molar-refractivity contribution is -0.126. The summed E-state index contributed by atoms with van der Waals surface area (Å²) in [5, 5.41) is 7.25. The zero-order valence-electron chi connectivity index (χ0n) is 19.3. The molecular formula is C25H29N5O3S. The fourth-order valence-electron chi connectivity index (χ4n) is 5.07. The molecule has 8 nitrogen and oxygen atoms in total. The van der Waals surface area contributed by atoms with Crippen molar-refractivity contribution >= 4 is 23.2 Å². The van der Waals surface area contributed by atoms with Crippen molar-refractivity contribution < 1.29 is 14.1 Å². The van der Waals surface area contributed by atoms with E-state index in [4.69, 9.17) is 4.52 Å². The molecule has 1 aliphatic carbocycles. The number of carbonyl (C=O) groups is 2. The Morgan fingerprint density at radius 1 is 1.18 bits per heavy atom. The average molecular weight is 480 g/mol. The SMILES string of the molecule is Cc1ccc(C(=O)N2CCCCCCNC(=O)[C@@H]3C[C@@H](c4nc(-c5cccnc5)no4)C[C@@H]32)s1. The van der Waals surface area contributed by atoms with Crippen molar-refractivity contribution in [1.82, 2.24) is 25.3 Å². The van der Waals surface area contributed by atoms with E-state index in [0.29, 0.717) is 37.6 Å². The summed E-state index contributed by atoms with van der Waals surface area (Å²) >= 11 is 1.51. The van der Waals surface area contributed by atoms with Crippen LogP contribution in [0.15, 0.2) is 41.2 Å². The van der Waals surface area contributed by atoms with Crippen LogP contribution in [0.5, 0.6) is 0 Å². The summed E-state index contributed by atoms with van der Waals surface area (Å²) in [4.78, 5) is 39.3. The fourth-order valence-corrected chi connectivity index (χ4v) is 5.89. The molecule has 9 heteroatoms. The summed E-state index contributed by atoms with van der Waals surface area (Å²) < 4.78 is 5.64. The summed E-state index contributed by atoms with van der Waals surface area (Å²) in [6.07, 6.45) is 8.60. The predicted molar refractivity (Wildman–Crippen MR) is 128 cm³/mol. The molecule has 3 aromatic heterocycles. The second-order valence-corrected chi connectivity index (χ2v) is 10.4. The Morgan fingerprint density at radius 3 is 2.85 bits per heavy atom. The lowest BCUT2D eigenvalue weighted by atomic mass is 10.00. The molecule has 2 amide bonds. The number of pyridine rings is 1. The van der Waals surface area contributed by atoms with E-state index in [0.717, 1.165) is 41.0 Å². The molecule has 4 heterocycles. The van der Waals surface area contributed by atoms with Gasteiger partial charge in [0.1, 0.15) is 0 Å². The lowest BCUT2D eigenvalue weighted by Gasteiger charge is -2.32. The number of thiophene rings is 1. The minimum Gasteiger partial charge on any atom is -0.356 e. The molecular weight excluding hydrogens is 450 g/mol. The molecule has 0 spiro atoms. The molecule has 34 heavy (non-hydrogen) atoms. The lowest BCUT2D eigenvalue weighted by Crippen LogP contribution is -2.47. The minimum absolute atomic E-state index is 0.0153. The number of amides is 2. The summed E-state index contributed by atoms with van der Waals surface area (Å²) in [5.41, 5.74) is 0.786. The summed E-state index contributed by atoms with van der Waals surface area (Å²) in [5.74, 6) is 0.655. The zero-order chi connectivity index (χ0) is 23.5. The minimum atomic E-state index is -0.304. The average Bonchev–Trinajstić information content (AvgIpc) is 3.60. The van der Waals surface area contributed by atoms with Gasteiger partial charge in [-0.25, -0.2) is 0 Å². The van der Waals surface area contributed by atoms with Crippen molar-refractivity contribution in [3.8, 4) is 11.4 Å². The number of aromatic nitrogens is 3. The highest BCUT2D eigenvalue weighted by Crippen LogP contribution is 2.42. The van der Waals surface area contributed by atoms with E-state index in [2.05, 4.69) is 20.4 Å². The highest BCUT2D eigenvalue weighted by molar-refractivity contribution is 7.13. The van der Waals surface area contributed by atoms with Crippen LogP contribution < -0.4 is 5.32 Å². The Balaban J connectivity index is 1.44. The van der Waals surface area contributed by atoms with Crippen LogP contribution >= 0.6 is 11.3 Å². The molecule has 5 rings (SSSR count). The number of hydrogen-bond donors (Lipinski definition) is 1. The maximum atomic E-state index is 13.6. The van der Waals surface area contributed by atoms with E-state index >= 15 is 0 Å². The standard InChI is InChI=1S/C25H29N5O3S/c1-16-8-9-21(34-16)25(32)30-12-5-3-2-4-11-27-23(31)19-13-18(14-20(19)30)24-28-22(29-33-24)17-7-6-10-26-15-17/h6-10,15,18-20H,2-5,11-14H2,1H3,(H,27,31)/t18-,19-,20+/m1/s1. The summed E-state index contributed by atoms with van der Waals surface area (Å²) in [6.45, 7) is 3.34. The second kappa shape index (κ2) is 10.0. The molecule has 0 aromatic carbocycles. The number of aryl methyl sites for hydroxylation is 1. The quantitative estimate of drug-likeness (QED) is 0.604. The van der Waals surface area contributed by atoms with E-state index in [9.17, 15) is 9.59 Å². The van der Waals surface area contributed by atoms with Gasteiger partial charge in [0.05, 0.1) is 10.8 Å². The van der Waals surface area contributed by atoms with E-state index < -0.39 is 0 Å². The Hall–Kier alpha value is -3.07. The molecule has 1 saturated heterocycles. The van der Waals surface area contributed by atoms with Crippen molar-refractivity contribution in [3.05, 3.63) is 52.3 Å². The van der Waals surface area contributed by atoms with Gasteiger partial charge in [0.15, 0.2) is 0 Å². The zero-order valence-corrected chi connectivity index (χ0v) is 20.1. The van der Waals surface area contributed by atoms with Crippen LogP contribution in [0.25, 0.3) is 11.4 Å². The first-order valence-corrected chi connectivity index (χ1v) is 12.8. The van der Waals surface area contributed by atoms with Gasteiger partial charge in [-0.2, -0.15) is 4.98 Å². The normalized spacial score (nSPS) is 23.7. The van der Waals surface area contributed by atoms with E-state index in [1.54, 1.807) is 12.4 Å². The molecule has 3 atom stereocenters. The highest BCUT2D eigenvalue weighted by Gasteiger charge is 2.45. The molecule has 1 aliphatic heterocycles. The van der Waals surface area contributed by atoms with Gasteiger partial charge in [-0.1, -0.05) is 18.0 Å². The number of hydrogen-bond acceptors (Lipinski definition) is 7. The first kappa shape index (κ1) is 22.7. The molecule has 0 radical (unpaired) electrons. The van der Waals surface area contributed by atoms with Gasteiger partial charge in [-0.15, -0.1) is 11.3 Å². The maximum absolute atomic E-state index is 13.6. The predicted octanol–water partition coefficient (Wildman–Crippen LogP) is 4.20. The van der Waals surface area contributed by atoms with Crippen LogP contribution in [0.1, 0.15) is 64.9 Å². The third kappa shape index (κ3) is 4.75. The molecule has 0 unspecified atom stereocenters. The monoisotopic (exact) mass is 479 g/mol. The van der Waals surface area contributed by atoms with Gasteiger partial charge < -0.3 is 14.7 Å². The third-order valence-electron chi connectivity index (χ3n) is 6.81. The fraction of sp³-hybridized carbons (Fsp3) is 0.480. The van der Waals surface area contributed by atoms with E-state index in [-0.39, 0.29) is 29.7 Å². The van der Waals surface area contributed by atoms with Crippen LogP contribution in [0.3, 0.4) is 0 Å². The van der Waals surface area contributed by atoms with Gasteiger partial charge in [0, 0.05) is 47.9 Å². The first-order chi connectivity index (χ1) is 16.6. The number of carbonyl (C=O) groups excluding carboxylic acids is 2. The Morgan fingerprint density at radius 2 is 2.06 bits per heavy atom. The number of fused-ring (bicyclic) bond motifs is 1. The third-order valence-corrected chi connectivity index (χ3v) is 7.80. The van der Waals surface area contributed by atoms with Crippen LogP contribution in [-0.4, -0.2) is 51.0 Å². The molecule has 1 N–H and O–H groups in total. The van der Waals surface area contributed by atoms with Gasteiger partial charge in [-0.3, -0.25) is 14.6 Å². The van der Waals surface area contributed by atoms with Crippen LogP contribution in [0.2, 0.25) is 0 Å². The van der Waals surface area contributed by atoms with Crippen molar-refractivity contribution in [2.24, 2.45) is 5.92 Å². The van der Waals surface area contributed by atoms with Crippen molar-refractivity contribution in [2.75, 3.05) is 13.1 Å². The topological polar surface area (TPSA) is 101 Å². The van der Waals surface area contributed by atoms with E-state index in [1.165, 1.54) is 11.3 Å². The van der Waals surface area contributed by atoms with E-state index in [1.807, 2.05) is 36.1 Å². The van der Waals surface area contributed by atoms with Crippen LogP contribution in [0, 0.1) is 12.8 Å². The molecule has 0 bridgehead atoms. The smallest absolute Gasteiger partial charge is 0.264 e. The Labute approximate surface area is 202 Å². The van der Waals surface area contributed by atoms with Crippen molar-refractivity contribution in [3.63, 3.8) is 0 Å². The molecule has 1 saturated carbocycles. The van der Waals surface area contributed by atoms with Crippen molar-refractivity contribution in [1.29, 1.82) is 0 Å². The van der Waals surface area contributed by atoms with Crippen LogP contribution in [-0.2, 0) is 4.79 Å². The maximum Gasteiger partial charge on any atom is 0.264 e. The number of rotatable bonds is 3. The van der Waals surface area contributed by atoms with Gasteiger partial charge >= 0.3 is 0 Å². The highest BCUT2D eigenvalue weighted by atomic mass is 32.1. The van der Waals surface area contributed by atoms with Crippen molar-refractivity contribution in [2.45, 2.75) is 57.4 Å². The second-order valence-electron chi connectivity index (χ2n) is 9.15. The molecule has 178 valence electrons. The molecule has 2 fully saturated rings. The summed E-state index contributed by atoms with van der Waals surface area (Å²) in [7, 11) is 0. The molecule has 3 aromatic rings. The Bertz CT molecular complexity index is 1140. The number of nitrogens with zero attached hydrogens (tertiary/aromatic N) is 4. The van der Waals surface area contributed by atoms with Gasteiger partial charge in [-0.05, 0) is 56.9 Å². The van der Waals surface area contributed by atoms with Gasteiger partial charge in [0.2, 0.25) is 17.6 Å². The number of nitrogens with one attached hydrogen (secondary N) is 1.